The number of aromatic nitrogens is 5. The lowest BCUT2D eigenvalue weighted by Crippen LogP contribution is -2.41. The van der Waals surface area contributed by atoms with Crippen molar-refractivity contribution in [1.29, 1.82) is 0 Å². The summed E-state index contributed by atoms with van der Waals surface area (Å²) in [7, 11) is 2.75. The molecule has 0 bridgehead atoms. The van der Waals surface area contributed by atoms with Crippen LogP contribution in [0.1, 0.15) is 54.2 Å². The van der Waals surface area contributed by atoms with Crippen molar-refractivity contribution in [2.24, 2.45) is 14.1 Å². The average molecular weight is 419 g/mol. The first kappa shape index (κ1) is 21.1. The molecule has 1 fully saturated rings. The van der Waals surface area contributed by atoms with Gasteiger partial charge in [0.2, 0.25) is 0 Å². The summed E-state index contributed by atoms with van der Waals surface area (Å²) in [6, 6.07) is 0. The average Bonchev–Trinajstić information content (AvgIpc) is 3.13. The van der Waals surface area contributed by atoms with E-state index in [2.05, 4.69) is 16.8 Å². The minimum Gasteiger partial charge on any atom is -0.384 e. The molecule has 0 saturated heterocycles. The van der Waals surface area contributed by atoms with E-state index in [9.17, 15) is 14.4 Å². The number of nitrogens with two attached hydrogens (primary N) is 1. The van der Waals surface area contributed by atoms with E-state index in [4.69, 9.17) is 5.73 Å². The second-order valence-electron chi connectivity index (χ2n) is 7.25. The molecule has 9 nitrogen and oxygen atoms in total. The predicted molar refractivity (Wildman–Crippen MR) is 112 cm³/mol. The lowest BCUT2D eigenvalue weighted by molar-refractivity contribution is 0.102. The monoisotopic (exact) mass is 418 g/mol. The number of nitrogens with zero attached hydrogens (tertiary/aromatic N) is 5. The van der Waals surface area contributed by atoms with Gasteiger partial charge >= 0.3 is 5.69 Å². The summed E-state index contributed by atoms with van der Waals surface area (Å²) in [5.41, 5.74) is 4.44. The van der Waals surface area contributed by atoms with Crippen LogP contribution < -0.4 is 17.0 Å². The molecule has 0 spiro atoms. The Balaban J connectivity index is 1.84. The highest BCUT2D eigenvalue weighted by Gasteiger charge is 2.25. The number of carbonyl (C=O) groups excluding carboxylic acids is 1. The van der Waals surface area contributed by atoms with Gasteiger partial charge in [0.05, 0.1) is 5.75 Å². The van der Waals surface area contributed by atoms with Crippen molar-refractivity contribution in [3.8, 4) is 0 Å². The quantitative estimate of drug-likeness (QED) is 0.411. The maximum Gasteiger partial charge on any atom is 0.332 e. The molecule has 1 aliphatic rings. The van der Waals surface area contributed by atoms with Crippen molar-refractivity contribution in [2.75, 3.05) is 11.5 Å². The van der Waals surface area contributed by atoms with Crippen LogP contribution in [0.3, 0.4) is 0 Å². The molecule has 29 heavy (non-hydrogen) atoms. The molecule has 3 rings (SSSR count). The van der Waals surface area contributed by atoms with Gasteiger partial charge in [-0.3, -0.25) is 18.7 Å². The van der Waals surface area contributed by atoms with Gasteiger partial charge in [-0.15, -0.1) is 16.8 Å². The predicted octanol–water partition coefficient (Wildman–Crippen LogP) is 1.47. The maximum atomic E-state index is 12.7. The van der Waals surface area contributed by atoms with Crippen molar-refractivity contribution >= 4 is 23.4 Å². The van der Waals surface area contributed by atoms with Gasteiger partial charge in [-0.1, -0.05) is 37.1 Å². The summed E-state index contributed by atoms with van der Waals surface area (Å²) in [4.78, 5) is 37.1. The number of anilines is 1. The van der Waals surface area contributed by atoms with E-state index in [1.807, 2.05) is 4.57 Å². The fraction of sp³-hybridized carbons (Fsp3) is 0.526. The van der Waals surface area contributed by atoms with E-state index >= 15 is 0 Å². The third kappa shape index (κ3) is 4.07. The van der Waals surface area contributed by atoms with Gasteiger partial charge in [-0.2, -0.15) is 0 Å². The van der Waals surface area contributed by atoms with Gasteiger partial charge < -0.3 is 10.3 Å². The Morgan fingerprint density at radius 3 is 2.55 bits per heavy atom. The van der Waals surface area contributed by atoms with E-state index in [0.717, 1.165) is 27.8 Å². The zero-order valence-corrected chi connectivity index (χ0v) is 17.6. The SMILES string of the molecule is C=CCn1c(SCC(=O)c2c(N)n(C)c(=O)n(C)c2=O)nnc1C1CCCCC1. The van der Waals surface area contributed by atoms with E-state index < -0.39 is 17.0 Å². The van der Waals surface area contributed by atoms with Gasteiger partial charge in [0.25, 0.3) is 5.56 Å². The number of carbonyl (C=O) groups is 1. The van der Waals surface area contributed by atoms with Crippen LogP contribution in [0.15, 0.2) is 27.4 Å². The topological polar surface area (TPSA) is 118 Å². The van der Waals surface area contributed by atoms with Crippen LogP contribution >= 0.6 is 11.8 Å². The number of nitrogen functional groups attached to an aromatic ring is 1. The summed E-state index contributed by atoms with van der Waals surface area (Å²) >= 11 is 1.21. The number of allylic oxidation sites excluding steroid dienone is 1. The van der Waals surface area contributed by atoms with Crippen LogP contribution in [0.5, 0.6) is 0 Å². The van der Waals surface area contributed by atoms with Crippen LogP contribution in [-0.4, -0.2) is 35.4 Å². The van der Waals surface area contributed by atoms with E-state index in [0.29, 0.717) is 17.6 Å². The highest BCUT2D eigenvalue weighted by atomic mass is 32.2. The van der Waals surface area contributed by atoms with Gasteiger partial charge in [0, 0.05) is 26.6 Å². The van der Waals surface area contributed by atoms with Gasteiger partial charge in [-0.25, -0.2) is 4.79 Å². The first-order chi connectivity index (χ1) is 13.9. The molecule has 0 atom stereocenters. The van der Waals surface area contributed by atoms with Crippen molar-refractivity contribution in [2.45, 2.75) is 49.7 Å². The minimum absolute atomic E-state index is 0.0302. The number of hydrogen-bond donors (Lipinski definition) is 1. The molecule has 1 saturated carbocycles. The summed E-state index contributed by atoms with van der Waals surface area (Å²) < 4.78 is 3.97. The van der Waals surface area contributed by atoms with Gasteiger partial charge in [-0.05, 0) is 12.8 Å². The first-order valence-corrected chi connectivity index (χ1v) is 10.6. The molecule has 10 heteroatoms. The molecule has 0 aromatic carbocycles. The van der Waals surface area contributed by atoms with Crippen LogP contribution in [-0.2, 0) is 20.6 Å². The number of rotatable bonds is 7. The van der Waals surface area contributed by atoms with Gasteiger partial charge in [0.1, 0.15) is 17.2 Å². The molecule has 0 amide bonds. The van der Waals surface area contributed by atoms with Crippen LogP contribution in [0.25, 0.3) is 0 Å². The molecular weight excluding hydrogens is 392 g/mol. The molecule has 2 heterocycles. The Morgan fingerprint density at radius 1 is 1.21 bits per heavy atom. The maximum absolute atomic E-state index is 12.7. The smallest absolute Gasteiger partial charge is 0.332 e. The van der Waals surface area contributed by atoms with Crippen LogP contribution in [0, 0.1) is 0 Å². The Labute approximate surface area is 172 Å². The van der Waals surface area contributed by atoms with Crippen molar-refractivity contribution < 1.29 is 4.79 Å². The Morgan fingerprint density at radius 2 is 1.90 bits per heavy atom. The van der Waals surface area contributed by atoms with Crippen LogP contribution in [0.4, 0.5) is 5.82 Å². The fourth-order valence-corrected chi connectivity index (χ4v) is 4.52. The Bertz CT molecular complexity index is 1050. The zero-order chi connectivity index (χ0) is 21.1. The van der Waals surface area contributed by atoms with Crippen molar-refractivity contribution in [3.05, 3.63) is 44.9 Å². The third-order valence-corrected chi connectivity index (χ3v) is 6.32. The molecule has 2 N–H and O–H groups in total. The molecule has 156 valence electrons. The molecular formula is C19H26N6O3S. The number of ketones is 1. The summed E-state index contributed by atoms with van der Waals surface area (Å²) in [6.07, 6.45) is 7.57. The molecule has 1 aliphatic carbocycles. The normalized spacial score (nSPS) is 14.8. The largest absolute Gasteiger partial charge is 0.384 e. The van der Waals surface area contributed by atoms with E-state index in [1.54, 1.807) is 6.08 Å². The van der Waals surface area contributed by atoms with E-state index in [-0.39, 0.29) is 17.1 Å². The fourth-order valence-electron chi connectivity index (χ4n) is 3.69. The second kappa shape index (κ2) is 8.81. The first-order valence-electron chi connectivity index (χ1n) is 9.62. The van der Waals surface area contributed by atoms with Gasteiger partial charge in [0.15, 0.2) is 10.9 Å². The van der Waals surface area contributed by atoms with Crippen LogP contribution in [0.2, 0.25) is 0 Å². The summed E-state index contributed by atoms with van der Waals surface area (Å²) in [5, 5.41) is 9.27. The molecule has 0 radical (unpaired) electrons. The van der Waals surface area contributed by atoms with E-state index in [1.165, 1.54) is 45.1 Å². The number of thioether (sulfide) groups is 1. The number of Topliss-reactive ketones (excluding diaryl/α,β-unsaturated/α-hetero) is 1. The molecule has 0 unspecified atom stereocenters. The standard InChI is InChI=1S/C19H26N6O3S/c1-4-10-25-16(12-8-6-5-7-9-12)21-22-18(25)29-11-13(26)14-15(20)23(2)19(28)24(3)17(14)27/h4,12H,1,5-11,20H2,2-3H3. The molecule has 2 aromatic rings. The lowest BCUT2D eigenvalue weighted by Gasteiger charge is -2.21. The molecule has 0 aliphatic heterocycles. The molecule has 2 aromatic heterocycles. The Hall–Kier alpha value is -2.62. The Kier molecular flexibility index (Phi) is 6.41. The van der Waals surface area contributed by atoms with Crippen molar-refractivity contribution in [3.63, 3.8) is 0 Å². The summed E-state index contributed by atoms with van der Waals surface area (Å²) in [6.45, 7) is 4.37. The lowest BCUT2D eigenvalue weighted by atomic mass is 9.89. The highest BCUT2D eigenvalue weighted by Crippen LogP contribution is 2.33. The second-order valence-corrected chi connectivity index (χ2v) is 8.20. The highest BCUT2D eigenvalue weighted by molar-refractivity contribution is 7.99. The number of hydrogen-bond acceptors (Lipinski definition) is 7. The third-order valence-electron chi connectivity index (χ3n) is 5.35. The minimum atomic E-state index is -0.688. The summed E-state index contributed by atoms with van der Waals surface area (Å²) in [5.74, 6) is 0.692. The van der Waals surface area contributed by atoms with Crippen molar-refractivity contribution in [1.82, 2.24) is 23.9 Å². The zero-order valence-electron chi connectivity index (χ0n) is 16.8.